The highest BCUT2D eigenvalue weighted by molar-refractivity contribution is 6.04. The molecule has 1 aliphatic rings. The number of nitro groups is 1. The topological polar surface area (TPSA) is 112 Å². The monoisotopic (exact) mass is 371 g/mol. The van der Waals surface area contributed by atoms with Crippen molar-refractivity contribution in [2.45, 2.75) is 25.5 Å². The fourth-order valence-corrected chi connectivity index (χ4v) is 2.93. The molecule has 1 aliphatic heterocycles. The maximum Gasteiger partial charge on any atom is 0.366 e. The summed E-state index contributed by atoms with van der Waals surface area (Å²) in [6.45, 7) is 1.71. The fourth-order valence-electron chi connectivity index (χ4n) is 2.93. The standard InChI is InChI=1S/C18H17N3O6/c1-3-12(18(23)26-2)20-16-13(9-10-14(19-16)21(24)25)27-15(17(20)22)11-7-5-4-6-8-11/h4-10,12,15H,3H2,1-2H3. The van der Waals surface area contributed by atoms with Crippen LogP contribution in [-0.4, -0.2) is 34.9 Å². The third kappa shape index (κ3) is 3.31. The minimum absolute atomic E-state index is 0.0707. The number of hydrogen-bond acceptors (Lipinski definition) is 7. The van der Waals surface area contributed by atoms with Crippen LogP contribution < -0.4 is 9.64 Å². The molecule has 0 N–H and O–H groups in total. The minimum Gasteiger partial charge on any atom is -0.469 e. The molecule has 3 rings (SSSR count). The van der Waals surface area contributed by atoms with E-state index in [1.165, 1.54) is 19.2 Å². The first-order chi connectivity index (χ1) is 13.0. The summed E-state index contributed by atoms with van der Waals surface area (Å²) in [6.07, 6.45) is -0.760. The predicted octanol–water partition coefficient (Wildman–Crippen LogP) is 2.41. The highest BCUT2D eigenvalue weighted by atomic mass is 16.6. The molecule has 0 spiro atoms. The largest absolute Gasteiger partial charge is 0.469 e. The summed E-state index contributed by atoms with van der Waals surface area (Å²) in [5.74, 6) is -1.53. The van der Waals surface area contributed by atoms with E-state index in [4.69, 9.17) is 9.47 Å². The van der Waals surface area contributed by atoms with Crippen molar-refractivity contribution in [2.75, 3.05) is 12.0 Å². The number of ether oxygens (including phenoxy) is 2. The van der Waals surface area contributed by atoms with E-state index < -0.39 is 34.8 Å². The molecule has 2 atom stereocenters. The van der Waals surface area contributed by atoms with Crippen molar-refractivity contribution >= 4 is 23.5 Å². The molecule has 1 aromatic heterocycles. The van der Waals surface area contributed by atoms with Gasteiger partial charge in [-0.05, 0) is 22.4 Å². The number of methoxy groups -OCH3 is 1. The first-order valence-electron chi connectivity index (χ1n) is 8.25. The molecule has 0 saturated carbocycles. The number of hydrogen-bond donors (Lipinski definition) is 0. The van der Waals surface area contributed by atoms with E-state index in [1.54, 1.807) is 37.3 Å². The van der Waals surface area contributed by atoms with Gasteiger partial charge in [-0.1, -0.05) is 37.3 Å². The Labute approximate surface area is 154 Å². The molecule has 140 valence electrons. The summed E-state index contributed by atoms with van der Waals surface area (Å²) in [6, 6.07) is 10.4. The molecule has 2 unspecified atom stereocenters. The lowest BCUT2D eigenvalue weighted by Gasteiger charge is -2.34. The second kappa shape index (κ2) is 7.40. The third-order valence-corrected chi connectivity index (χ3v) is 4.22. The normalized spacial score (nSPS) is 16.9. The van der Waals surface area contributed by atoms with E-state index in [2.05, 4.69) is 4.98 Å². The Morgan fingerprint density at radius 3 is 2.63 bits per heavy atom. The van der Waals surface area contributed by atoms with Crippen LogP contribution in [0.3, 0.4) is 0 Å². The summed E-state index contributed by atoms with van der Waals surface area (Å²) in [7, 11) is 1.21. The molecular formula is C18H17N3O6. The molecule has 2 aromatic rings. The van der Waals surface area contributed by atoms with E-state index in [0.717, 1.165) is 4.90 Å². The molecule has 0 saturated heterocycles. The van der Waals surface area contributed by atoms with Crippen molar-refractivity contribution in [3.05, 3.63) is 58.1 Å². The Hall–Kier alpha value is -3.49. The Morgan fingerprint density at radius 1 is 1.33 bits per heavy atom. The van der Waals surface area contributed by atoms with Gasteiger partial charge in [0.1, 0.15) is 6.04 Å². The van der Waals surface area contributed by atoms with Crippen molar-refractivity contribution in [1.82, 2.24) is 4.98 Å². The first-order valence-corrected chi connectivity index (χ1v) is 8.25. The van der Waals surface area contributed by atoms with E-state index in [0.29, 0.717) is 5.56 Å². The van der Waals surface area contributed by atoms with Crippen molar-refractivity contribution in [3.63, 3.8) is 0 Å². The third-order valence-electron chi connectivity index (χ3n) is 4.22. The average molecular weight is 371 g/mol. The number of aromatic nitrogens is 1. The predicted molar refractivity (Wildman–Crippen MR) is 94.3 cm³/mol. The van der Waals surface area contributed by atoms with Crippen molar-refractivity contribution in [1.29, 1.82) is 0 Å². The number of rotatable bonds is 5. The van der Waals surface area contributed by atoms with Crippen LogP contribution in [0, 0.1) is 10.1 Å². The summed E-state index contributed by atoms with van der Waals surface area (Å²) < 4.78 is 10.6. The minimum atomic E-state index is -0.999. The number of pyridine rings is 1. The number of esters is 1. The molecule has 27 heavy (non-hydrogen) atoms. The zero-order valence-corrected chi connectivity index (χ0v) is 14.7. The smallest absolute Gasteiger partial charge is 0.366 e. The van der Waals surface area contributed by atoms with Crippen LogP contribution in [0.4, 0.5) is 11.6 Å². The number of carbonyl (C=O) groups is 2. The maximum atomic E-state index is 13.2. The number of amides is 1. The SMILES string of the molecule is CCC(C(=O)OC)N1C(=O)C(c2ccccc2)Oc2ccc([N+](=O)[O-])nc21. The highest BCUT2D eigenvalue weighted by Gasteiger charge is 2.45. The lowest BCUT2D eigenvalue weighted by Crippen LogP contribution is -2.51. The van der Waals surface area contributed by atoms with Gasteiger partial charge in [0.05, 0.1) is 7.11 Å². The van der Waals surface area contributed by atoms with E-state index in [9.17, 15) is 19.7 Å². The number of carbonyl (C=O) groups excluding carboxylic acids is 2. The zero-order valence-electron chi connectivity index (χ0n) is 14.7. The van der Waals surface area contributed by atoms with Crippen LogP contribution in [0.25, 0.3) is 0 Å². The van der Waals surface area contributed by atoms with Crippen LogP contribution in [0.1, 0.15) is 25.0 Å². The summed E-state index contributed by atoms with van der Waals surface area (Å²) in [5, 5.41) is 11.1. The van der Waals surface area contributed by atoms with Gasteiger partial charge in [0, 0.05) is 11.6 Å². The van der Waals surface area contributed by atoms with Crippen LogP contribution in [0.15, 0.2) is 42.5 Å². The second-order valence-electron chi connectivity index (χ2n) is 5.81. The Bertz CT molecular complexity index is 886. The Morgan fingerprint density at radius 2 is 2.04 bits per heavy atom. The average Bonchev–Trinajstić information content (AvgIpc) is 2.69. The molecule has 0 radical (unpaired) electrons. The Kier molecular flexibility index (Phi) is 5.02. The van der Waals surface area contributed by atoms with Gasteiger partial charge in [0.25, 0.3) is 11.7 Å². The number of nitrogens with zero attached hydrogens (tertiary/aromatic N) is 3. The lowest BCUT2D eigenvalue weighted by atomic mass is 10.0. The van der Waals surface area contributed by atoms with E-state index in [1.807, 2.05) is 0 Å². The van der Waals surface area contributed by atoms with Crippen LogP contribution in [0.5, 0.6) is 5.75 Å². The van der Waals surface area contributed by atoms with Crippen molar-refractivity contribution in [3.8, 4) is 5.75 Å². The van der Waals surface area contributed by atoms with Crippen LogP contribution >= 0.6 is 0 Å². The summed E-state index contributed by atoms with van der Waals surface area (Å²) in [4.78, 5) is 40.9. The molecular weight excluding hydrogens is 354 g/mol. The molecule has 1 aromatic carbocycles. The molecule has 0 aliphatic carbocycles. The summed E-state index contributed by atoms with van der Waals surface area (Å²) in [5.41, 5.74) is 0.594. The fraction of sp³-hybridized carbons (Fsp3) is 0.278. The maximum absolute atomic E-state index is 13.2. The second-order valence-corrected chi connectivity index (χ2v) is 5.81. The molecule has 9 nitrogen and oxygen atoms in total. The van der Waals surface area contributed by atoms with Crippen molar-refractivity contribution < 1.29 is 24.0 Å². The van der Waals surface area contributed by atoms with Gasteiger partial charge < -0.3 is 19.6 Å². The molecule has 0 bridgehead atoms. The van der Waals surface area contributed by atoms with Gasteiger partial charge in [-0.2, -0.15) is 0 Å². The van der Waals surface area contributed by atoms with Gasteiger partial charge in [0.2, 0.25) is 6.10 Å². The van der Waals surface area contributed by atoms with Crippen molar-refractivity contribution in [2.24, 2.45) is 0 Å². The Balaban J connectivity index is 2.15. The molecule has 0 fully saturated rings. The number of fused-ring (bicyclic) bond motifs is 1. The molecule has 1 amide bonds. The lowest BCUT2D eigenvalue weighted by molar-refractivity contribution is -0.389. The highest BCUT2D eigenvalue weighted by Crippen LogP contribution is 2.40. The molecule has 9 heteroatoms. The van der Waals surface area contributed by atoms with E-state index >= 15 is 0 Å². The zero-order chi connectivity index (χ0) is 19.6. The van der Waals surface area contributed by atoms with Crippen LogP contribution in [0.2, 0.25) is 0 Å². The number of anilines is 1. The number of benzene rings is 1. The van der Waals surface area contributed by atoms with Gasteiger partial charge in [-0.25, -0.2) is 4.79 Å². The van der Waals surface area contributed by atoms with Gasteiger partial charge in [0.15, 0.2) is 5.75 Å². The van der Waals surface area contributed by atoms with E-state index in [-0.39, 0.29) is 18.0 Å². The first kappa shape index (κ1) is 18.3. The van der Waals surface area contributed by atoms with Crippen LogP contribution in [-0.2, 0) is 14.3 Å². The molecule has 2 heterocycles. The van der Waals surface area contributed by atoms with Gasteiger partial charge in [-0.3, -0.25) is 9.69 Å². The van der Waals surface area contributed by atoms with Gasteiger partial charge >= 0.3 is 11.8 Å². The van der Waals surface area contributed by atoms with Gasteiger partial charge in [-0.15, -0.1) is 0 Å². The summed E-state index contributed by atoms with van der Waals surface area (Å²) >= 11 is 0. The quantitative estimate of drug-likeness (QED) is 0.451.